The Bertz CT molecular complexity index is 250. The van der Waals surface area contributed by atoms with Crippen LogP contribution in [0.2, 0.25) is 0 Å². The number of nitrogens with two attached hydrogens (primary N) is 1. The van der Waals surface area contributed by atoms with Gasteiger partial charge in [-0.25, -0.2) is 0 Å². The summed E-state index contributed by atoms with van der Waals surface area (Å²) in [6.45, 7) is 8.70. The summed E-state index contributed by atoms with van der Waals surface area (Å²) in [5, 5.41) is 0. The summed E-state index contributed by atoms with van der Waals surface area (Å²) in [4.78, 5) is 8.64. The first-order chi connectivity index (χ1) is 7.43. The highest BCUT2D eigenvalue weighted by atomic mass is 127. The fourth-order valence-corrected chi connectivity index (χ4v) is 1.68. The molecule has 0 radical (unpaired) electrons. The largest absolute Gasteiger partial charge is 0.379 e. The minimum Gasteiger partial charge on any atom is -0.379 e. The van der Waals surface area contributed by atoms with Gasteiger partial charge in [0.25, 0.3) is 0 Å². The second-order valence-corrected chi connectivity index (χ2v) is 4.98. The van der Waals surface area contributed by atoms with Gasteiger partial charge in [0.05, 0.1) is 19.8 Å². The molecule has 6 heteroatoms. The first kappa shape index (κ1) is 16.9. The first-order valence-corrected chi connectivity index (χ1v) is 5.73. The van der Waals surface area contributed by atoms with E-state index in [1.165, 1.54) is 0 Å². The number of nitrogens with zero attached hydrogens (tertiary/aromatic N) is 3. The molecule has 0 aromatic carbocycles. The lowest BCUT2D eigenvalue weighted by Gasteiger charge is -2.39. The van der Waals surface area contributed by atoms with Crippen LogP contribution in [0, 0.1) is 0 Å². The van der Waals surface area contributed by atoms with E-state index in [1.807, 2.05) is 19.0 Å². The molecule has 0 atom stereocenters. The summed E-state index contributed by atoms with van der Waals surface area (Å²) in [6, 6.07) is 0. The topological polar surface area (TPSA) is 54.1 Å². The van der Waals surface area contributed by atoms with Gasteiger partial charge in [0, 0.05) is 32.7 Å². The summed E-state index contributed by atoms with van der Waals surface area (Å²) in [7, 11) is 3.81. The third-order valence-corrected chi connectivity index (χ3v) is 2.95. The molecule has 1 aliphatic heterocycles. The van der Waals surface area contributed by atoms with E-state index in [0.29, 0.717) is 5.96 Å². The third kappa shape index (κ3) is 5.39. The fraction of sp³-hybridized carbons (Fsp3) is 0.909. The van der Waals surface area contributed by atoms with E-state index in [0.717, 1.165) is 32.8 Å². The highest BCUT2D eigenvalue weighted by Crippen LogP contribution is 2.16. The van der Waals surface area contributed by atoms with Crippen molar-refractivity contribution in [3.05, 3.63) is 0 Å². The van der Waals surface area contributed by atoms with E-state index < -0.39 is 0 Å². The smallest absolute Gasteiger partial charge is 0.190 e. The zero-order chi connectivity index (χ0) is 12.2. The highest BCUT2D eigenvalue weighted by molar-refractivity contribution is 14.0. The van der Waals surface area contributed by atoms with E-state index in [1.54, 1.807) is 0 Å². The molecular weight excluding hydrogens is 331 g/mol. The molecule has 1 rings (SSSR count). The van der Waals surface area contributed by atoms with Gasteiger partial charge < -0.3 is 15.4 Å². The van der Waals surface area contributed by atoms with Crippen LogP contribution in [0.3, 0.4) is 0 Å². The number of morpholine rings is 1. The molecule has 0 bridgehead atoms. The molecule has 0 saturated carbocycles. The Labute approximate surface area is 121 Å². The zero-order valence-corrected chi connectivity index (χ0v) is 13.6. The predicted octanol–water partition coefficient (Wildman–Crippen LogP) is 0.592. The van der Waals surface area contributed by atoms with Crippen LogP contribution in [0.1, 0.15) is 13.8 Å². The van der Waals surface area contributed by atoms with Crippen LogP contribution < -0.4 is 5.73 Å². The average molecular weight is 356 g/mol. The minimum atomic E-state index is 0. The van der Waals surface area contributed by atoms with Crippen LogP contribution in [0.15, 0.2) is 4.99 Å². The number of aliphatic imine (C=N–C) groups is 1. The van der Waals surface area contributed by atoms with Crippen molar-refractivity contribution in [3.63, 3.8) is 0 Å². The van der Waals surface area contributed by atoms with E-state index in [2.05, 4.69) is 23.7 Å². The van der Waals surface area contributed by atoms with Crippen molar-refractivity contribution in [1.29, 1.82) is 0 Å². The number of hydrogen-bond acceptors (Lipinski definition) is 3. The van der Waals surface area contributed by atoms with E-state index in [4.69, 9.17) is 10.5 Å². The Kier molecular flexibility index (Phi) is 7.34. The van der Waals surface area contributed by atoms with Crippen LogP contribution in [-0.2, 0) is 4.74 Å². The number of guanidine groups is 1. The Morgan fingerprint density at radius 2 is 1.88 bits per heavy atom. The molecule has 0 aliphatic carbocycles. The molecular formula is C11H25IN4O. The van der Waals surface area contributed by atoms with Crippen LogP contribution in [0.25, 0.3) is 0 Å². The Hall–Kier alpha value is -0.0800. The predicted molar refractivity (Wildman–Crippen MR) is 82.1 cm³/mol. The lowest BCUT2D eigenvalue weighted by atomic mass is 10.0. The van der Waals surface area contributed by atoms with Gasteiger partial charge in [0.15, 0.2) is 5.96 Å². The summed E-state index contributed by atoms with van der Waals surface area (Å²) < 4.78 is 5.35. The molecule has 5 nitrogen and oxygen atoms in total. The number of halogens is 1. The van der Waals surface area contributed by atoms with Gasteiger partial charge in [-0.3, -0.25) is 9.89 Å². The molecule has 0 unspecified atom stereocenters. The second-order valence-electron chi connectivity index (χ2n) is 4.98. The van der Waals surface area contributed by atoms with Gasteiger partial charge in [-0.05, 0) is 13.8 Å². The molecule has 1 saturated heterocycles. The van der Waals surface area contributed by atoms with Crippen molar-refractivity contribution in [2.45, 2.75) is 19.4 Å². The van der Waals surface area contributed by atoms with E-state index in [9.17, 15) is 0 Å². The maximum atomic E-state index is 5.79. The number of ether oxygens (including phenoxy) is 1. The Morgan fingerprint density at radius 3 is 2.35 bits per heavy atom. The molecule has 1 aliphatic rings. The van der Waals surface area contributed by atoms with Crippen molar-refractivity contribution >= 4 is 29.9 Å². The summed E-state index contributed by atoms with van der Waals surface area (Å²) in [5.74, 6) is 0.585. The van der Waals surface area contributed by atoms with Crippen molar-refractivity contribution in [2.24, 2.45) is 10.7 Å². The van der Waals surface area contributed by atoms with Gasteiger partial charge in [0.1, 0.15) is 0 Å². The molecule has 0 aromatic heterocycles. The molecule has 0 spiro atoms. The Morgan fingerprint density at radius 1 is 1.35 bits per heavy atom. The lowest BCUT2D eigenvalue weighted by molar-refractivity contribution is -0.00686. The van der Waals surface area contributed by atoms with Crippen molar-refractivity contribution in [2.75, 3.05) is 46.9 Å². The molecule has 102 valence electrons. The minimum absolute atomic E-state index is 0. The summed E-state index contributed by atoms with van der Waals surface area (Å²) in [5.41, 5.74) is 5.83. The van der Waals surface area contributed by atoms with E-state index in [-0.39, 0.29) is 29.5 Å². The fourth-order valence-electron chi connectivity index (χ4n) is 1.68. The number of rotatable bonds is 3. The van der Waals surface area contributed by atoms with Gasteiger partial charge in [0.2, 0.25) is 0 Å². The van der Waals surface area contributed by atoms with Crippen LogP contribution in [-0.4, -0.2) is 68.2 Å². The number of hydrogen-bond donors (Lipinski definition) is 1. The maximum absolute atomic E-state index is 5.79. The third-order valence-electron chi connectivity index (χ3n) is 2.95. The summed E-state index contributed by atoms with van der Waals surface area (Å²) in [6.07, 6.45) is 0. The van der Waals surface area contributed by atoms with Crippen molar-refractivity contribution < 1.29 is 4.74 Å². The molecule has 0 aromatic rings. The van der Waals surface area contributed by atoms with Crippen LogP contribution in [0.4, 0.5) is 0 Å². The van der Waals surface area contributed by atoms with Gasteiger partial charge in [-0.1, -0.05) is 0 Å². The molecule has 2 N–H and O–H groups in total. The normalized spacial score (nSPS) is 18.7. The Balaban J connectivity index is 0.00000256. The molecule has 1 fully saturated rings. The molecule has 17 heavy (non-hydrogen) atoms. The van der Waals surface area contributed by atoms with Gasteiger partial charge >= 0.3 is 0 Å². The first-order valence-electron chi connectivity index (χ1n) is 5.73. The van der Waals surface area contributed by atoms with Crippen LogP contribution >= 0.6 is 24.0 Å². The van der Waals surface area contributed by atoms with E-state index >= 15 is 0 Å². The maximum Gasteiger partial charge on any atom is 0.190 e. The van der Waals surface area contributed by atoms with Crippen molar-refractivity contribution in [3.8, 4) is 0 Å². The lowest BCUT2D eigenvalue weighted by Crippen LogP contribution is -2.52. The second kappa shape index (κ2) is 7.38. The van der Waals surface area contributed by atoms with Gasteiger partial charge in [-0.2, -0.15) is 0 Å². The molecule has 0 amide bonds. The van der Waals surface area contributed by atoms with Gasteiger partial charge in [-0.15, -0.1) is 24.0 Å². The quantitative estimate of drug-likeness (QED) is 0.457. The monoisotopic (exact) mass is 356 g/mol. The summed E-state index contributed by atoms with van der Waals surface area (Å²) >= 11 is 0. The standard InChI is InChI=1S/C11H24N4O.HI/c1-11(2,9-13-10(12)14(3)4)15-5-7-16-8-6-15;/h5-9H2,1-4H3,(H2,12,13);1H. The van der Waals surface area contributed by atoms with Crippen LogP contribution in [0.5, 0.6) is 0 Å². The average Bonchev–Trinajstić information content (AvgIpc) is 2.27. The molecule has 1 heterocycles. The highest BCUT2D eigenvalue weighted by Gasteiger charge is 2.27. The van der Waals surface area contributed by atoms with Crippen molar-refractivity contribution in [1.82, 2.24) is 9.80 Å². The SMILES string of the molecule is CN(C)C(N)=NCC(C)(C)N1CCOCC1.I. The zero-order valence-electron chi connectivity index (χ0n) is 11.3.